The van der Waals surface area contributed by atoms with Crippen LogP contribution in [0.1, 0.15) is 145 Å². The minimum Gasteiger partial charge on any atom is -0.545 e. The highest BCUT2D eigenvalue weighted by atomic mass is 16.4. The van der Waals surface area contributed by atoms with Crippen LogP contribution in [0, 0.1) is 0 Å². The Morgan fingerprint density at radius 1 is 0.690 bits per heavy atom. The molecule has 0 fully saturated rings. The molecule has 0 aliphatic carbocycles. The molecule has 0 heterocycles. The molecule has 0 aliphatic rings. The molecule has 0 aliphatic heterocycles. The number of aromatic carboxylic acids is 1. The van der Waals surface area contributed by atoms with Crippen LogP contribution in [0.15, 0.2) is 24.3 Å². The summed E-state index contributed by atoms with van der Waals surface area (Å²) in [5.74, 6) is -0.666. The first kappa shape index (κ1) is 25.7. The molecule has 0 saturated carbocycles. The molecular weight excluding hydrogens is 356 g/mol. The Hall–Kier alpha value is -1.31. The van der Waals surface area contributed by atoms with Gasteiger partial charge in [0.2, 0.25) is 0 Å². The minimum atomic E-state index is -1.03. The van der Waals surface area contributed by atoms with Gasteiger partial charge in [0.15, 0.2) is 0 Å². The molecule has 0 N–H and O–H groups in total. The number of carboxylic acids is 1. The lowest BCUT2D eigenvalue weighted by atomic mass is 9.85. The van der Waals surface area contributed by atoms with Crippen molar-refractivity contribution in [2.45, 2.75) is 129 Å². The molecule has 0 bridgehead atoms. The zero-order valence-electron chi connectivity index (χ0n) is 19.2. The van der Waals surface area contributed by atoms with Crippen LogP contribution in [0.5, 0.6) is 0 Å². The Balaban J connectivity index is 2.44. The molecule has 1 rings (SSSR count). The lowest BCUT2D eigenvalue weighted by Gasteiger charge is -2.21. The zero-order valence-corrected chi connectivity index (χ0v) is 19.2. The van der Waals surface area contributed by atoms with E-state index >= 15 is 0 Å². The average Bonchev–Trinajstić information content (AvgIpc) is 2.73. The lowest BCUT2D eigenvalue weighted by molar-refractivity contribution is -0.255. The van der Waals surface area contributed by atoms with Crippen LogP contribution >= 0.6 is 0 Å². The van der Waals surface area contributed by atoms with E-state index in [2.05, 4.69) is 13.8 Å². The van der Waals surface area contributed by atoms with Crippen molar-refractivity contribution in [1.82, 2.24) is 0 Å². The number of carbonyl (C=O) groups excluding carboxylic acids is 1. The molecule has 2 heteroatoms. The van der Waals surface area contributed by atoms with Crippen LogP contribution in [0.3, 0.4) is 0 Å². The van der Waals surface area contributed by atoms with Gasteiger partial charge in [-0.05, 0) is 24.3 Å². The van der Waals surface area contributed by atoms with E-state index < -0.39 is 5.97 Å². The van der Waals surface area contributed by atoms with E-state index in [1.165, 1.54) is 96.3 Å². The standard InChI is InChI=1S/C27H46O2/c1-3-5-7-9-11-12-13-15-17-21-24(20-16-14-10-8-6-4-2)25-22-18-19-23-26(25)27(28)29/h18-19,22-24H,3-17,20-21H2,1-2H3,(H,28,29)/p-1. The molecule has 1 atom stereocenters. The van der Waals surface area contributed by atoms with Gasteiger partial charge in [0, 0.05) is 5.56 Å². The molecule has 1 unspecified atom stereocenters. The van der Waals surface area contributed by atoms with Gasteiger partial charge >= 0.3 is 0 Å². The summed E-state index contributed by atoms with van der Waals surface area (Å²) in [7, 11) is 0. The third-order valence-electron chi connectivity index (χ3n) is 6.18. The molecule has 29 heavy (non-hydrogen) atoms. The van der Waals surface area contributed by atoms with Gasteiger partial charge in [-0.3, -0.25) is 0 Å². The maximum atomic E-state index is 11.6. The fraction of sp³-hybridized carbons (Fsp3) is 0.741. The van der Waals surface area contributed by atoms with Gasteiger partial charge in [-0.25, -0.2) is 0 Å². The molecule has 1 aromatic rings. The zero-order chi connectivity index (χ0) is 21.2. The van der Waals surface area contributed by atoms with E-state index in [1.54, 1.807) is 6.07 Å². The summed E-state index contributed by atoms with van der Waals surface area (Å²) in [5, 5.41) is 11.6. The summed E-state index contributed by atoms with van der Waals surface area (Å²) in [6, 6.07) is 7.52. The van der Waals surface area contributed by atoms with Crippen LogP contribution in [-0.2, 0) is 0 Å². The molecular formula is C27H45O2-. The highest BCUT2D eigenvalue weighted by Crippen LogP contribution is 2.31. The average molecular weight is 402 g/mol. The first-order chi connectivity index (χ1) is 14.2. The molecule has 0 spiro atoms. The van der Waals surface area contributed by atoms with Gasteiger partial charge in [-0.15, -0.1) is 0 Å². The number of unbranched alkanes of at least 4 members (excludes halogenated alkanes) is 13. The first-order valence-corrected chi connectivity index (χ1v) is 12.5. The van der Waals surface area contributed by atoms with Crippen LogP contribution < -0.4 is 5.11 Å². The van der Waals surface area contributed by atoms with Gasteiger partial charge in [0.25, 0.3) is 0 Å². The molecule has 166 valence electrons. The Morgan fingerprint density at radius 2 is 1.10 bits per heavy atom. The number of benzene rings is 1. The van der Waals surface area contributed by atoms with E-state index in [0.717, 1.165) is 18.4 Å². The van der Waals surface area contributed by atoms with Crippen molar-refractivity contribution in [3.63, 3.8) is 0 Å². The van der Waals surface area contributed by atoms with Crippen molar-refractivity contribution in [3.8, 4) is 0 Å². The number of hydrogen-bond donors (Lipinski definition) is 0. The summed E-state index contributed by atoms with van der Waals surface area (Å²) in [6.07, 6.45) is 21.9. The molecule has 2 nitrogen and oxygen atoms in total. The van der Waals surface area contributed by atoms with Gasteiger partial charge in [-0.2, -0.15) is 0 Å². The summed E-state index contributed by atoms with van der Waals surface area (Å²) >= 11 is 0. The Bertz CT molecular complexity index is 523. The Morgan fingerprint density at radius 3 is 1.55 bits per heavy atom. The second kappa shape index (κ2) is 17.5. The molecule has 0 aromatic heterocycles. The Labute approximate surface area is 180 Å². The Kier molecular flexibility index (Phi) is 15.6. The highest BCUT2D eigenvalue weighted by molar-refractivity contribution is 5.87. The van der Waals surface area contributed by atoms with Crippen molar-refractivity contribution in [1.29, 1.82) is 0 Å². The molecule has 0 radical (unpaired) electrons. The second-order valence-corrected chi connectivity index (χ2v) is 8.75. The maximum absolute atomic E-state index is 11.6. The minimum absolute atomic E-state index is 0.361. The van der Waals surface area contributed by atoms with E-state index in [0.29, 0.717) is 11.5 Å². The van der Waals surface area contributed by atoms with Crippen molar-refractivity contribution >= 4 is 5.97 Å². The van der Waals surface area contributed by atoms with Crippen LogP contribution in [-0.4, -0.2) is 5.97 Å². The molecule has 1 aromatic carbocycles. The fourth-order valence-electron chi connectivity index (χ4n) is 4.37. The predicted molar refractivity (Wildman–Crippen MR) is 123 cm³/mol. The fourth-order valence-corrected chi connectivity index (χ4v) is 4.37. The van der Waals surface area contributed by atoms with E-state index in [1.807, 2.05) is 18.2 Å². The second-order valence-electron chi connectivity index (χ2n) is 8.75. The van der Waals surface area contributed by atoms with Crippen LogP contribution in [0.4, 0.5) is 0 Å². The quantitative estimate of drug-likeness (QED) is 0.222. The normalized spacial score (nSPS) is 12.2. The molecule has 0 saturated heterocycles. The number of rotatable bonds is 19. The summed E-state index contributed by atoms with van der Waals surface area (Å²) < 4.78 is 0. The van der Waals surface area contributed by atoms with Gasteiger partial charge in [0.05, 0.1) is 5.97 Å². The van der Waals surface area contributed by atoms with Crippen molar-refractivity contribution in [2.24, 2.45) is 0 Å². The largest absolute Gasteiger partial charge is 0.545 e. The predicted octanol–water partition coefficient (Wildman–Crippen LogP) is 7.81. The van der Waals surface area contributed by atoms with Crippen molar-refractivity contribution < 1.29 is 9.90 Å². The van der Waals surface area contributed by atoms with Crippen molar-refractivity contribution in [3.05, 3.63) is 35.4 Å². The van der Waals surface area contributed by atoms with E-state index in [-0.39, 0.29) is 0 Å². The monoisotopic (exact) mass is 401 g/mol. The topological polar surface area (TPSA) is 40.1 Å². The van der Waals surface area contributed by atoms with E-state index in [9.17, 15) is 9.90 Å². The third kappa shape index (κ3) is 12.1. The summed E-state index contributed by atoms with van der Waals surface area (Å²) in [5.41, 5.74) is 1.40. The smallest absolute Gasteiger partial charge is 0.0718 e. The van der Waals surface area contributed by atoms with Gasteiger partial charge in [-0.1, -0.05) is 134 Å². The van der Waals surface area contributed by atoms with Gasteiger partial charge < -0.3 is 9.90 Å². The first-order valence-electron chi connectivity index (χ1n) is 12.5. The number of carboxylic acid groups (broad SMARTS) is 1. The third-order valence-corrected chi connectivity index (χ3v) is 6.18. The summed E-state index contributed by atoms with van der Waals surface area (Å²) in [6.45, 7) is 4.51. The molecule has 0 amide bonds. The van der Waals surface area contributed by atoms with Gasteiger partial charge in [0.1, 0.15) is 0 Å². The SMILES string of the molecule is CCCCCCCCCCCC(CCCCCCCC)c1ccccc1C(=O)[O-]. The lowest BCUT2D eigenvalue weighted by Crippen LogP contribution is -2.24. The summed E-state index contributed by atoms with van der Waals surface area (Å²) in [4.78, 5) is 11.6. The highest BCUT2D eigenvalue weighted by Gasteiger charge is 2.15. The maximum Gasteiger partial charge on any atom is 0.0718 e. The van der Waals surface area contributed by atoms with E-state index in [4.69, 9.17) is 0 Å². The van der Waals surface area contributed by atoms with Crippen LogP contribution in [0.25, 0.3) is 0 Å². The number of hydrogen-bond acceptors (Lipinski definition) is 2. The van der Waals surface area contributed by atoms with Crippen LogP contribution in [0.2, 0.25) is 0 Å². The van der Waals surface area contributed by atoms with Crippen molar-refractivity contribution in [2.75, 3.05) is 0 Å². The number of carbonyl (C=O) groups is 1.